The largest absolute Gasteiger partial charge is 0.468 e. The van der Waals surface area contributed by atoms with E-state index in [0.29, 0.717) is 36.8 Å². The van der Waals surface area contributed by atoms with E-state index in [1.165, 1.54) is 0 Å². The highest BCUT2D eigenvalue weighted by atomic mass is 16.4. The van der Waals surface area contributed by atoms with E-state index in [2.05, 4.69) is 23.2 Å². The maximum atomic E-state index is 12.3. The summed E-state index contributed by atoms with van der Waals surface area (Å²) >= 11 is 0. The Balaban J connectivity index is 1.39. The number of rotatable bonds is 9. The molecule has 1 fully saturated rings. The minimum Gasteiger partial charge on any atom is -0.468 e. The van der Waals surface area contributed by atoms with Crippen molar-refractivity contribution >= 4 is 16.9 Å². The number of nitrogens with zero attached hydrogens (tertiary/aromatic N) is 1. The summed E-state index contributed by atoms with van der Waals surface area (Å²) in [6.07, 6.45) is 4.68. The molecule has 174 valence electrons. The van der Waals surface area contributed by atoms with E-state index < -0.39 is 0 Å². The molecule has 1 aliphatic carbocycles. The molecule has 0 bridgehead atoms. The Morgan fingerprint density at radius 2 is 1.79 bits per heavy atom. The van der Waals surface area contributed by atoms with Gasteiger partial charge < -0.3 is 14.2 Å². The number of carbonyl (C=O) groups excluding carboxylic acids is 1. The number of nitrogens with one attached hydrogen (secondary N) is 1. The van der Waals surface area contributed by atoms with E-state index in [-0.39, 0.29) is 11.5 Å². The normalized spacial score (nSPS) is 13.5. The van der Waals surface area contributed by atoms with E-state index >= 15 is 0 Å². The average molecular weight is 457 g/mol. The Morgan fingerprint density at radius 3 is 2.50 bits per heavy atom. The highest BCUT2D eigenvalue weighted by Crippen LogP contribution is 2.23. The van der Waals surface area contributed by atoms with Crippen LogP contribution >= 0.6 is 0 Å². The Morgan fingerprint density at radius 1 is 1.00 bits per heavy atom. The lowest BCUT2D eigenvalue weighted by atomic mass is 10.1. The Hall–Kier alpha value is -3.64. The van der Waals surface area contributed by atoms with Gasteiger partial charge in [-0.15, -0.1) is 0 Å². The molecule has 0 radical (unpaired) electrons. The number of hydrogen-bond donors (Lipinski definition) is 1. The van der Waals surface area contributed by atoms with Crippen LogP contribution in [0.1, 0.15) is 52.6 Å². The van der Waals surface area contributed by atoms with E-state index in [9.17, 15) is 9.59 Å². The third-order valence-corrected chi connectivity index (χ3v) is 6.19. The van der Waals surface area contributed by atoms with Gasteiger partial charge in [0.05, 0.1) is 12.8 Å². The second-order valence-electron chi connectivity index (χ2n) is 8.94. The molecule has 0 atom stereocenters. The number of fused-ring (bicyclic) bond motifs is 1. The zero-order valence-electron chi connectivity index (χ0n) is 19.3. The number of hydrogen-bond acceptors (Lipinski definition) is 5. The van der Waals surface area contributed by atoms with E-state index in [1.807, 2.05) is 48.5 Å². The maximum Gasteiger partial charge on any atom is 0.336 e. The molecule has 2 heterocycles. The van der Waals surface area contributed by atoms with Crippen molar-refractivity contribution < 1.29 is 13.6 Å². The van der Waals surface area contributed by atoms with Crippen LogP contribution in [0.25, 0.3) is 11.0 Å². The highest BCUT2D eigenvalue weighted by Gasteiger charge is 2.23. The first-order valence-electron chi connectivity index (χ1n) is 11.8. The van der Waals surface area contributed by atoms with Gasteiger partial charge >= 0.3 is 5.63 Å². The molecule has 1 saturated carbocycles. The summed E-state index contributed by atoms with van der Waals surface area (Å²) in [7, 11) is 0. The number of furan rings is 1. The number of carbonyl (C=O) groups is 1. The van der Waals surface area contributed by atoms with Crippen molar-refractivity contribution in [2.24, 2.45) is 0 Å². The summed E-state index contributed by atoms with van der Waals surface area (Å²) in [5, 5.41) is 3.96. The lowest BCUT2D eigenvalue weighted by molar-refractivity contribution is 0.0951. The molecule has 2 aromatic heterocycles. The topological polar surface area (TPSA) is 75.7 Å². The van der Waals surface area contributed by atoms with Crippen LogP contribution in [0.3, 0.4) is 0 Å². The first-order valence-corrected chi connectivity index (χ1v) is 11.8. The molecule has 5 rings (SSSR count). The number of aryl methyl sites for hydroxylation is 1. The van der Waals surface area contributed by atoms with Crippen molar-refractivity contribution in [2.75, 3.05) is 0 Å². The van der Waals surface area contributed by atoms with Crippen molar-refractivity contribution in [2.45, 2.75) is 51.9 Å². The standard InChI is InChI=1S/C28H28N2O4/c1-2-19-7-12-25-22(15-27(31)34-26(25)14-19)17-30(18-24-4-3-13-33-24)16-20-5-8-21(9-6-20)28(32)29-23-10-11-23/h3-9,12-15,23H,2,10-11,16-18H2,1H3,(H,29,32). The Kier molecular flexibility index (Phi) is 6.32. The van der Waals surface area contributed by atoms with Crippen LogP contribution in [-0.4, -0.2) is 16.8 Å². The molecule has 1 amide bonds. The van der Waals surface area contributed by atoms with Gasteiger partial charge in [0.1, 0.15) is 11.3 Å². The fraction of sp³-hybridized carbons (Fsp3) is 0.286. The van der Waals surface area contributed by atoms with Gasteiger partial charge in [0, 0.05) is 36.1 Å². The summed E-state index contributed by atoms with van der Waals surface area (Å²) in [5.74, 6) is 0.830. The first-order chi connectivity index (χ1) is 16.6. The van der Waals surface area contributed by atoms with Gasteiger partial charge in [-0.25, -0.2) is 4.79 Å². The summed E-state index contributed by atoms with van der Waals surface area (Å²) in [6.45, 7) is 3.86. The zero-order valence-corrected chi connectivity index (χ0v) is 19.3. The Labute approximate surface area is 198 Å². The molecule has 0 unspecified atom stereocenters. The lowest BCUT2D eigenvalue weighted by Crippen LogP contribution is -2.25. The molecule has 0 spiro atoms. The van der Waals surface area contributed by atoms with Crippen LogP contribution in [0.5, 0.6) is 0 Å². The molecular weight excluding hydrogens is 428 g/mol. The van der Waals surface area contributed by atoms with Gasteiger partial charge in [0.15, 0.2) is 0 Å². The minimum absolute atomic E-state index is 0.0181. The SMILES string of the molecule is CCc1ccc2c(CN(Cc3ccc(C(=O)NC4CC4)cc3)Cc3ccco3)cc(=O)oc2c1. The van der Waals surface area contributed by atoms with Gasteiger partial charge in [-0.2, -0.15) is 0 Å². The predicted molar refractivity (Wildman–Crippen MR) is 130 cm³/mol. The molecule has 6 nitrogen and oxygen atoms in total. The van der Waals surface area contributed by atoms with Crippen molar-refractivity contribution in [3.63, 3.8) is 0 Å². The molecule has 0 aliphatic heterocycles. The van der Waals surface area contributed by atoms with Crippen molar-refractivity contribution in [1.82, 2.24) is 10.2 Å². The molecule has 6 heteroatoms. The van der Waals surface area contributed by atoms with Gasteiger partial charge in [0.25, 0.3) is 5.91 Å². The van der Waals surface area contributed by atoms with Crippen molar-refractivity contribution in [3.05, 3.63) is 105 Å². The third kappa shape index (κ3) is 5.29. The predicted octanol–water partition coefficient (Wildman–Crippen LogP) is 5.04. The van der Waals surface area contributed by atoms with Crippen LogP contribution < -0.4 is 10.9 Å². The van der Waals surface area contributed by atoms with Crippen molar-refractivity contribution in [1.29, 1.82) is 0 Å². The minimum atomic E-state index is -0.347. The van der Waals surface area contributed by atoms with Crippen LogP contribution in [0, 0.1) is 0 Å². The van der Waals surface area contributed by atoms with E-state index in [0.717, 1.165) is 47.1 Å². The molecule has 1 aliphatic rings. The summed E-state index contributed by atoms with van der Waals surface area (Å²) in [4.78, 5) is 26.8. The smallest absolute Gasteiger partial charge is 0.336 e. The molecule has 2 aromatic carbocycles. The highest BCUT2D eigenvalue weighted by molar-refractivity contribution is 5.94. The van der Waals surface area contributed by atoms with Crippen LogP contribution in [0.2, 0.25) is 0 Å². The molecule has 1 N–H and O–H groups in total. The quantitative estimate of drug-likeness (QED) is 0.357. The van der Waals surface area contributed by atoms with E-state index in [1.54, 1.807) is 12.3 Å². The summed E-state index contributed by atoms with van der Waals surface area (Å²) in [6, 6.07) is 19.5. The van der Waals surface area contributed by atoms with E-state index in [4.69, 9.17) is 8.83 Å². The average Bonchev–Trinajstić information content (AvgIpc) is 3.50. The number of amides is 1. The number of benzene rings is 2. The first kappa shape index (κ1) is 22.2. The summed E-state index contributed by atoms with van der Waals surface area (Å²) in [5.41, 5.74) is 4.07. The monoisotopic (exact) mass is 456 g/mol. The molecule has 34 heavy (non-hydrogen) atoms. The van der Waals surface area contributed by atoms with Crippen LogP contribution in [0.4, 0.5) is 0 Å². The second-order valence-corrected chi connectivity index (χ2v) is 8.94. The fourth-order valence-electron chi connectivity index (χ4n) is 4.17. The second kappa shape index (κ2) is 9.69. The Bertz CT molecular complexity index is 1340. The van der Waals surface area contributed by atoms with Gasteiger partial charge in [-0.3, -0.25) is 9.69 Å². The van der Waals surface area contributed by atoms with Gasteiger partial charge in [-0.05, 0) is 66.3 Å². The third-order valence-electron chi connectivity index (χ3n) is 6.19. The van der Waals surface area contributed by atoms with Gasteiger partial charge in [-0.1, -0.05) is 31.2 Å². The maximum absolute atomic E-state index is 12.3. The molecule has 0 saturated heterocycles. The fourth-order valence-corrected chi connectivity index (χ4v) is 4.17. The molecule has 4 aromatic rings. The lowest BCUT2D eigenvalue weighted by Gasteiger charge is -2.22. The van der Waals surface area contributed by atoms with Crippen molar-refractivity contribution in [3.8, 4) is 0 Å². The van der Waals surface area contributed by atoms with Crippen LogP contribution in [0.15, 0.2) is 80.6 Å². The molecular formula is C28H28N2O4. The van der Waals surface area contributed by atoms with Crippen LogP contribution in [-0.2, 0) is 26.1 Å². The zero-order chi connectivity index (χ0) is 23.5. The van der Waals surface area contributed by atoms with Gasteiger partial charge in [0.2, 0.25) is 0 Å². The summed E-state index contributed by atoms with van der Waals surface area (Å²) < 4.78 is 11.1.